The monoisotopic (exact) mass is 166 g/mol. The highest BCUT2D eigenvalue weighted by Gasteiger charge is 2.14. The van der Waals surface area contributed by atoms with E-state index in [1.54, 1.807) is 0 Å². The Bertz CT molecular complexity index is 226. The van der Waals surface area contributed by atoms with Crippen LogP contribution >= 0.6 is 0 Å². The summed E-state index contributed by atoms with van der Waals surface area (Å²) in [6, 6.07) is 0. The van der Waals surface area contributed by atoms with Crippen molar-refractivity contribution in [2.24, 2.45) is 0 Å². The van der Waals surface area contributed by atoms with Gasteiger partial charge in [-0.15, -0.1) is 0 Å². The Morgan fingerprint density at radius 2 is 2.50 bits per heavy atom. The number of rotatable bonds is 3. The first kappa shape index (κ1) is 9.04. The molecule has 0 unspecified atom stereocenters. The molecule has 0 radical (unpaired) electrons. The van der Waals surface area contributed by atoms with E-state index in [1.807, 2.05) is 13.0 Å². The summed E-state index contributed by atoms with van der Waals surface area (Å²) in [7, 11) is 0. The molecule has 0 saturated carbocycles. The Labute approximate surface area is 72.9 Å². The lowest BCUT2D eigenvalue weighted by molar-refractivity contribution is -0.119. The zero-order valence-electron chi connectivity index (χ0n) is 7.43. The molecule has 0 aromatic heterocycles. The largest absolute Gasteiger partial charge is 0.486 e. The summed E-state index contributed by atoms with van der Waals surface area (Å²) in [5.74, 6) is 0.659. The van der Waals surface area contributed by atoms with Crippen LogP contribution in [0.1, 0.15) is 26.2 Å². The molecule has 1 rings (SSSR count). The van der Waals surface area contributed by atoms with Crippen molar-refractivity contribution in [3.63, 3.8) is 0 Å². The molecule has 0 heterocycles. The van der Waals surface area contributed by atoms with E-state index in [2.05, 4.69) is 6.58 Å². The Hall–Kier alpha value is -1.05. The SMILES string of the molecule is C=C(C)COC1=CCCCC1=O. The lowest BCUT2D eigenvalue weighted by atomic mass is 10.1. The molecule has 0 N–H and O–H groups in total. The number of carbonyl (C=O) groups is 1. The van der Waals surface area contributed by atoms with E-state index in [1.165, 1.54) is 0 Å². The van der Waals surface area contributed by atoms with Gasteiger partial charge < -0.3 is 4.74 Å². The second kappa shape index (κ2) is 4.10. The van der Waals surface area contributed by atoms with Gasteiger partial charge in [0.05, 0.1) is 0 Å². The average Bonchev–Trinajstić information content (AvgIpc) is 2.03. The Morgan fingerprint density at radius 1 is 1.75 bits per heavy atom. The molecule has 2 nitrogen and oxygen atoms in total. The van der Waals surface area contributed by atoms with Crippen LogP contribution in [-0.2, 0) is 9.53 Å². The van der Waals surface area contributed by atoms with Crippen LogP contribution in [0, 0.1) is 0 Å². The van der Waals surface area contributed by atoms with Crippen LogP contribution in [0.5, 0.6) is 0 Å². The summed E-state index contributed by atoms with van der Waals surface area (Å²) in [6.07, 6.45) is 4.41. The number of ketones is 1. The van der Waals surface area contributed by atoms with Gasteiger partial charge in [0.15, 0.2) is 11.5 Å². The minimum Gasteiger partial charge on any atom is -0.486 e. The molecule has 0 bridgehead atoms. The van der Waals surface area contributed by atoms with Crippen LogP contribution in [0.4, 0.5) is 0 Å². The molecule has 2 heteroatoms. The number of hydrogen-bond acceptors (Lipinski definition) is 2. The lowest BCUT2D eigenvalue weighted by Crippen LogP contribution is -2.10. The van der Waals surface area contributed by atoms with Gasteiger partial charge in [-0.25, -0.2) is 0 Å². The first-order chi connectivity index (χ1) is 5.70. The molecular formula is C10H14O2. The van der Waals surface area contributed by atoms with E-state index in [9.17, 15) is 4.79 Å². The van der Waals surface area contributed by atoms with Gasteiger partial charge in [0, 0.05) is 6.42 Å². The highest BCUT2D eigenvalue weighted by molar-refractivity contribution is 5.94. The summed E-state index contributed by atoms with van der Waals surface area (Å²) >= 11 is 0. The second-order valence-corrected chi connectivity index (χ2v) is 3.13. The van der Waals surface area contributed by atoms with Crippen LogP contribution < -0.4 is 0 Å². The summed E-state index contributed by atoms with van der Waals surface area (Å²) in [5, 5.41) is 0. The fraction of sp³-hybridized carbons (Fsp3) is 0.500. The van der Waals surface area contributed by atoms with Gasteiger partial charge in [-0.3, -0.25) is 4.79 Å². The summed E-state index contributed by atoms with van der Waals surface area (Å²) in [6.45, 7) is 6.04. The summed E-state index contributed by atoms with van der Waals surface area (Å²) in [4.78, 5) is 11.2. The molecule has 1 aliphatic rings. The smallest absolute Gasteiger partial charge is 0.197 e. The quantitative estimate of drug-likeness (QED) is 0.601. The van der Waals surface area contributed by atoms with E-state index in [4.69, 9.17) is 4.74 Å². The van der Waals surface area contributed by atoms with Crippen LogP contribution in [0.2, 0.25) is 0 Å². The van der Waals surface area contributed by atoms with E-state index in [0.29, 0.717) is 18.8 Å². The van der Waals surface area contributed by atoms with E-state index in [-0.39, 0.29) is 5.78 Å². The molecule has 0 spiro atoms. The lowest BCUT2D eigenvalue weighted by Gasteiger charge is -2.12. The molecule has 0 aromatic rings. The first-order valence-corrected chi connectivity index (χ1v) is 4.20. The molecule has 1 aliphatic carbocycles. The first-order valence-electron chi connectivity index (χ1n) is 4.20. The van der Waals surface area contributed by atoms with Crippen molar-refractivity contribution in [3.05, 3.63) is 24.0 Å². The molecule has 0 fully saturated rings. The second-order valence-electron chi connectivity index (χ2n) is 3.13. The van der Waals surface area contributed by atoms with Crippen LogP contribution in [-0.4, -0.2) is 12.4 Å². The van der Waals surface area contributed by atoms with Crippen molar-refractivity contribution in [2.45, 2.75) is 26.2 Å². The number of allylic oxidation sites excluding steroid dienone is 2. The molecular weight excluding hydrogens is 152 g/mol. The number of carbonyl (C=O) groups excluding carboxylic acids is 1. The highest BCUT2D eigenvalue weighted by Crippen LogP contribution is 2.15. The number of ether oxygens (including phenoxy) is 1. The van der Waals surface area contributed by atoms with Crippen molar-refractivity contribution >= 4 is 5.78 Å². The fourth-order valence-corrected chi connectivity index (χ4v) is 1.07. The number of Topliss-reactive ketones (excluding diaryl/α,β-unsaturated/α-hetero) is 1. The molecule has 0 aromatic carbocycles. The normalized spacial score (nSPS) is 17.1. The third-order valence-corrected chi connectivity index (χ3v) is 1.69. The van der Waals surface area contributed by atoms with Crippen molar-refractivity contribution in [1.29, 1.82) is 0 Å². The van der Waals surface area contributed by atoms with Gasteiger partial charge in [-0.05, 0) is 31.4 Å². The maximum atomic E-state index is 11.2. The topological polar surface area (TPSA) is 26.3 Å². The standard InChI is InChI=1S/C10H14O2/c1-8(2)7-12-10-6-4-3-5-9(10)11/h6H,1,3-5,7H2,2H3. The van der Waals surface area contributed by atoms with Crippen LogP contribution in [0.3, 0.4) is 0 Å². The van der Waals surface area contributed by atoms with Gasteiger partial charge in [-0.2, -0.15) is 0 Å². The van der Waals surface area contributed by atoms with E-state index < -0.39 is 0 Å². The van der Waals surface area contributed by atoms with Crippen molar-refractivity contribution in [2.75, 3.05) is 6.61 Å². The van der Waals surface area contributed by atoms with Gasteiger partial charge in [0.2, 0.25) is 0 Å². The van der Waals surface area contributed by atoms with Crippen molar-refractivity contribution in [1.82, 2.24) is 0 Å². The Kier molecular flexibility index (Phi) is 3.09. The van der Waals surface area contributed by atoms with Gasteiger partial charge in [-0.1, -0.05) is 6.58 Å². The van der Waals surface area contributed by atoms with Gasteiger partial charge >= 0.3 is 0 Å². The molecule has 12 heavy (non-hydrogen) atoms. The Balaban J connectivity index is 2.44. The zero-order chi connectivity index (χ0) is 8.97. The van der Waals surface area contributed by atoms with Gasteiger partial charge in [0.1, 0.15) is 6.61 Å². The molecule has 0 aliphatic heterocycles. The third kappa shape index (κ3) is 2.53. The maximum absolute atomic E-state index is 11.2. The van der Waals surface area contributed by atoms with Crippen LogP contribution in [0.15, 0.2) is 24.0 Å². The minimum atomic E-state index is 0.127. The van der Waals surface area contributed by atoms with Crippen molar-refractivity contribution < 1.29 is 9.53 Å². The van der Waals surface area contributed by atoms with Crippen LogP contribution in [0.25, 0.3) is 0 Å². The predicted octanol–water partition coefficient (Wildman–Crippen LogP) is 2.22. The van der Waals surface area contributed by atoms with Crippen molar-refractivity contribution in [3.8, 4) is 0 Å². The van der Waals surface area contributed by atoms with E-state index in [0.717, 1.165) is 18.4 Å². The summed E-state index contributed by atoms with van der Waals surface area (Å²) < 4.78 is 5.27. The minimum absolute atomic E-state index is 0.127. The fourth-order valence-electron chi connectivity index (χ4n) is 1.07. The molecule has 0 saturated heterocycles. The molecule has 66 valence electrons. The van der Waals surface area contributed by atoms with E-state index >= 15 is 0 Å². The average molecular weight is 166 g/mol. The summed E-state index contributed by atoms with van der Waals surface area (Å²) in [5.41, 5.74) is 0.939. The highest BCUT2D eigenvalue weighted by atomic mass is 16.5. The zero-order valence-corrected chi connectivity index (χ0v) is 7.43. The Morgan fingerprint density at radius 3 is 3.08 bits per heavy atom. The molecule has 0 amide bonds. The molecule has 0 atom stereocenters. The van der Waals surface area contributed by atoms with Gasteiger partial charge in [0.25, 0.3) is 0 Å². The maximum Gasteiger partial charge on any atom is 0.197 e. The third-order valence-electron chi connectivity index (χ3n) is 1.69. The predicted molar refractivity (Wildman–Crippen MR) is 47.7 cm³/mol. The number of hydrogen-bond donors (Lipinski definition) is 0.